The van der Waals surface area contributed by atoms with Crippen molar-refractivity contribution in [1.29, 1.82) is 0 Å². The van der Waals surface area contributed by atoms with Gasteiger partial charge in [-0.25, -0.2) is 8.42 Å². The Morgan fingerprint density at radius 2 is 1.74 bits per heavy atom. The molecule has 0 spiro atoms. The molecule has 0 atom stereocenters. The summed E-state index contributed by atoms with van der Waals surface area (Å²) in [5.74, 6) is -0.661. The van der Waals surface area contributed by atoms with Gasteiger partial charge in [0.05, 0.1) is 16.8 Å². The molecule has 0 saturated heterocycles. The van der Waals surface area contributed by atoms with E-state index in [1.807, 2.05) is 19.1 Å². The molecule has 27 heavy (non-hydrogen) atoms. The Bertz CT molecular complexity index is 912. The highest BCUT2D eigenvalue weighted by atomic mass is 35.5. The molecule has 0 aliphatic heterocycles. The van der Waals surface area contributed by atoms with Crippen LogP contribution in [0.2, 0.25) is 10.0 Å². The summed E-state index contributed by atoms with van der Waals surface area (Å²) in [6, 6.07) is 11.1. The topological polar surface area (TPSA) is 63.7 Å². The van der Waals surface area contributed by atoms with Gasteiger partial charge in [-0.2, -0.15) is 0 Å². The molecule has 0 saturated carbocycles. The van der Waals surface area contributed by atoms with Crippen molar-refractivity contribution in [2.75, 3.05) is 10.8 Å². The second kappa shape index (κ2) is 8.95. The van der Waals surface area contributed by atoms with Gasteiger partial charge in [-0.15, -0.1) is 0 Å². The van der Waals surface area contributed by atoms with Crippen molar-refractivity contribution in [3.8, 4) is 0 Å². The summed E-state index contributed by atoms with van der Waals surface area (Å²) in [5.41, 5.74) is 1.38. The summed E-state index contributed by atoms with van der Waals surface area (Å²) < 4.78 is 32.6. The molecule has 0 aliphatic carbocycles. The number of sulfonamides is 1. The van der Waals surface area contributed by atoms with E-state index in [-0.39, 0.29) is 21.0 Å². The van der Waals surface area contributed by atoms with Crippen molar-refractivity contribution in [3.63, 3.8) is 0 Å². The van der Waals surface area contributed by atoms with Crippen molar-refractivity contribution < 1.29 is 17.9 Å². The number of anilines is 1. The van der Waals surface area contributed by atoms with E-state index in [1.54, 1.807) is 26.0 Å². The molecule has 0 bridgehead atoms. The van der Waals surface area contributed by atoms with Crippen molar-refractivity contribution >= 4 is 44.9 Å². The summed E-state index contributed by atoms with van der Waals surface area (Å²) >= 11 is 12.1. The maximum Gasteiger partial charge on any atom is 0.327 e. The number of ether oxygens (including phenoxy) is 1. The number of hydrogen-bond donors (Lipinski definition) is 0. The van der Waals surface area contributed by atoms with Gasteiger partial charge in [0.15, 0.2) is 0 Å². The SMILES string of the molecule is CCc1ccc(N(CC(=O)OC(C)C)S(=O)(=O)c2cc(Cl)ccc2Cl)cc1. The number of esters is 1. The van der Waals surface area contributed by atoms with Crippen LogP contribution in [0.5, 0.6) is 0 Å². The van der Waals surface area contributed by atoms with E-state index in [9.17, 15) is 13.2 Å². The fraction of sp³-hybridized carbons (Fsp3) is 0.316. The van der Waals surface area contributed by atoms with Crippen LogP contribution in [0.25, 0.3) is 0 Å². The standard InChI is InChI=1S/C19H21Cl2NO4S/c1-4-14-5-8-16(9-6-14)22(12-19(23)26-13(2)3)27(24,25)18-11-15(20)7-10-17(18)21/h5-11,13H,4,12H2,1-3H3. The molecule has 2 aromatic carbocycles. The van der Waals surface area contributed by atoms with Gasteiger partial charge >= 0.3 is 5.97 Å². The van der Waals surface area contributed by atoms with E-state index in [2.05, 4.69) is 0 Å². The zero-order chi connectivity index (χ0) is 20.2. The van der Waals surface area contributed by atoms with Gasteiger partial charge in [0.2, 0.25) is 0 Å². The normalized spacial score (nSPS) is 11.5. The fourth-order valence-electron chi connectivity index (χ4n) is 2.42. The minimum Gasteiger partial charge on any atom is -0.462 e. The van der Waals surface area contributed by atoms with Crippen molar-refractivity contribution in [1.82, 2.24) is 0 Å². The molecule has 0 aromatic heterocycles. The number of carbonyl (C=O) groups excluding carboxylic acids is 1. The third-order valence-corrected chi connectivity index (χ3v) is 6.22. The van der Waals surface area contributed by atoms with Crippen LogP contribution in [0.4, 0.5) is 5.69 Å². The Balaban J connectivity index is 2.52. The first-order chi connectivity index (χ1) is 12.6. The number of hydrogen-bond acceptors (Lipinski definition) is 4. The van der Waals surface area contributed by atoms with Crippen molar-refractivity contribution in [3.05, 3.63) is 58.1 Å². The van der Waals surface area contributed by atoms with Crippen molar-refractivity contribution in [2.24, 2.45) is 0 Å². The van der Waals surface area contributed by atoms with Crippen LogP contribution >= 0.6 is 23.2 Å². The second-order valence-electron chi connectivity index (χ2n) is 6.15. The highest BCUT2D eigenvalue weighted by Crippen LogP contribution is 2.31. The van der Waals surface area contributed by atoms with Crippen LogP contribution in [0, 0.1) is 0 Å². The minimum absolute atomic E-state index is 0.0202. The maximum atomic E-state index is 13.3. The molecule has 146 valence electrons. The molecule has 0 N–H and O–H groups in total. The second-order valence-corrected chi connectivity index (χ2v) is 8.82. The largest absolute Gasteiger partial charge is 0.462 e. The molecule has 5 nitrogen and oxygen atoms in total. The predicted molar refractivity (Wildman–Crippen MR) is 108 cm³/mol. The smallest absolute Gasteiger partial charge is 0.327 e. The lowest BCUT2D eigenvalue weighted by atomic mass is 10.1. The molecular weight excluding hydrogens is 409 g/mol. The Morgan fingerprint density at radius 1 is 1.11 bits per heavy atom. The summed E-state index contributed by atoms with van der Waals surface area (Å²) in [4.78, 5) is 12.0. The summed E-state index contributed by atoms with van der Waals surface area (Å²) in [5, 5.41) is 0.246. The number of benzene rings is 2. The van der Waals surface area contributed by atoms with Gasteiger partial charge in [0.1, 0.15) is 11.4 Å². The lowest BCUT2D eigenvalue weighted by molar-refractivity contribution is -0.145. The van der Waals surface area contributed by atoms with Gasteiger partial charge in [-0.1, -0.05) is 42.3 Å². The Labute approximate surface area is 169 Å². The van der Waals surface area contributed by atoms with E-state index < -0.39 is 22.5 Å². The number of rotatable bonds is 7. The number of carbonyl (C=O) groups is 1. The van der Waals surface area contributed by atoms with E-state index in [0.29, 0.717) is 5.69 Å². The average molecular weight is 430 g/mol. The Hall–Kier alpha value is -1.76. The highest BCUT2D eigenvalue weighted by Gasteiger charge is 2.30. The first kappa shape index (κ1) is 21.5. The molecule has 0 fully saturated rings. The van der Waals surface area contributed by atoms with Gasteiger partial charge < -0.3 is 4.74 Å². The molecule has 0 aliphatic rings. The Morgan fingerprint density at radius 3 is 2.30 bits per heavy atom. The predicted octanol–water partition coefficient (Wildman–Crippen LogP) is 4.70. The van der Waals surface area contributed by atoms with Gasteiger partial charge in [-0.05, 0) is 56.2 Å². The van der Waals surface area contributed by atoms with E-state index in [0.717, 1.165) is 16.3 Å². The van der Waals surface area contributed by atoms with Gasteiger partial charge in [-0.3, -0.25) is 9.10 Å². The molecule has 0 amide bonds. The molecule has 8 heteroatoms. The van der Waals surface area contributed by atoms with Crippen LogP contribution in [0.1, 0.15) is 26.3 Å². The molecular formula is C19H21Cl2NO4S. The average Bonchev–Trinajstić information content (AvgIpc) is 2.61. The van der Waals surface area contributed by atoms with Crippen LogP contribution in [0.3, 0.4) is 0 Å². The number of nitrogens with zero attached hydrogens (tertiary/aromatic N) is 1. The van der Waals surface area contributed by atoms with Gasteiger partial charge in [0, 0.05) is 5.02 Å². The molecule has 0 radical (unpaired) electrons. The Kier molecular flexibility index (Phi) is 7.14. The quantitative estimate of drug-likeness (QED) is 0.598. The molecule has 2 rings (SSSR count). The summed E-state index contributed by atoms with van der Waals surface area (Å²) in [7, 11) is -4.14. The first-order valence-electron chi connectivity index (χ1n) is 8.41. The molecule has 2 aromatic rings. The van der Waals surface area contributed by atoms with Gasteiger partial charge in [0.25, 0.3) is 10.0 Å². The summed E-state index contributed by atoms with van der Waals surface area (Å²) in [6.45, 7) is 4.91. The maximum absolute atomic E-state index is 13.3. The highest BCUT2D eigenvalue weighted by molar-refractivity contribution is 7.93. The lowest BCUT2D eigenvalue weighted by Gasteiger charge is -2.25. The van der Waals surface area contributed by atoms with E-state index in [1.165, 1.54) is 18.2 Å². The van der Waals surface area contributed by atoms with Crippen molar-refractivity contribution in [2.45, 2.75) is 38.2 Å². The zero-order valence-corrected chi connectivity index (χ0v) is 17.6. The molecule has 0 unspecified atom stereocenters. The monoisotopic (exact) mass is 429 g/mol. The third kappa shape index (κ3) is 5.37. The van der Waals surface area contributed by atoms with Crippen LogP contribution < -0.4 is 4.31 Å². The fourth-order valence-corrected chi connectivity index (χ4v) is 4.57. The van der Waals surface area contributed by atoms with E-state index >= 15 is 0 Å². The number of halogens is 2. The molecule has 0 heterocycles. The van der Waals surface area contributed by atoms with Crippen LogP contribution in [0.15, 0.2) is 47.4 Å². The summed E-state index contributed by atoms with van der Waals surface area (Å²) in [6.07, 6.45) is 0.446. The first-order valence-corrected chi connectivity index (χ1v) is 10.6. The zero-order valence-electron chi connectivity index (χ0n) is 15.3. The third-order valence-electron chi connectivity index (χ3n) is 3.73. The van der Waals surface area contributed by atoms with Crippen LogP contribution in [-0.4, -0.2) is 27.0 Å². The number of aryl methyl sites for hydroxylation is 1. The van der Waals surface area contributed by atoms with Crippen LogP contribution in [-0.2, 0) is 26.0 Å². The lowest BCUT2D eigenvalue weighted by Crippen LogP contribution is -2.37. The van der Waals surface area contributed by atoms with E-state index in [4.69, 9.17) is 27.9 Å². The minimum atomic E-state index is -4.14.